The molecule has 0 fully saturated rings. The Morgan fingerprint density at radius 1 is 1.19 bits per heavy atom. The molecule has 0 radical (unpaired) electrons. The van der Waals surface area contributed by atoms with Crippen molar-refractivity contribution in [3.8, 4) is 0 Å². The number of nitrogens with one attached hydrogen (secondary N) is 2. The number of anilines is 1. The molecule has 2 amide bonds. The second-order valence-corrected chi connectivity index (χ2v) is 8.86. The average Bonchev–Trinajstić information content (AvgIpc) is 3.05. The van der Waals surface area contributed by atoms with E-state index in [1.165, 1.54) is 37.4 Å². The summed E-state index contributed by atoms with van der Waals surface area (Å²) in [6.07, 6.45) is 0. The molecule has 0 aliphatic rings. The Labute approximate surface area is 155 Å². The minimum absolute atomic E-state index is 0.123. The van der Waals surface area contributed by atoms with Gasteiger partial charge in [-0.05, 0) is 30.9 Å². The van der Waals surface area contributed by atoms with Gasteiger partial charge in [0.1, 0.15) is 4.21 Å². The van der Waals surface area contributed by atoms with Gasteiger partial charge in [0.2, 0.25) is 0 Å². The van der Waals surface area contributed by atoms with E-state index in [1.54, 1.807) is 6.07 Å². The van der Waals surface area contributed by atoms with Crippen LogP contribution >= 0.6 is 11.3 Å². The number of carbonyl (C=O) groups is 1. The topological polar surface area (TPSA) is 136 Å². The summed E-state index contributed by atoms with van der Waals surface area (Å²) < 4.78 is 26.4. The Balaban J connectivity index is 2.21. The van der Waals surface area contributed by atoms with Crippen molar-refractivity contribution >= 4 is 33.1 Å². The van der Waals surface area contributed by atoms with Gasteiger partial charge in [-0.1, -0.05) is 18.2 Å². The molecular formula is C16H20N2O6S2. The molecule has 1 aromatic carbocycles. The van der Waals surface area contributed by atoms with Crippen LogP contribution in [-0.2, 0) is 28.8 Å². The van der Waals surface area contributed by atoms with Crippen LogP contribution in [0.2, 0.25) is 0 Å². The van der Waals surface area contributed by atoms with Crippen molar-refractivity contribution in [3.63, 3.8) is 0 Å². The number of hydrogen-bond acceptors (Lipinski definition) is 7. The predicted octanol–water partition coefficient (Wildman–Crippen LogP) is 1.47. The Kier molecular flexibility index (Phi) is 6.04. The van der Waals surface area contributed by atoms with Gasteiger partial charge in [0.15, 0.2) is 0 Å². The van der Waals surface area contributed by atoms with Crippen LogP contribution in [0.1, 0.15) is 30.5 Å². The van der Waals surface area contributed by atoms with E-state index in [2.05, 4.69) is 5.32 Å². The smallest absolute Gasteiger partial charge is 0.333 e. The van der Waals surface area contributed by atoms with Crippen molar-refractivity contribution in [3.05, 3.63) is 46.3 Å². The summed E-state index contributed by atoms with van der Waals surface area (Å²) in [5, 5.41) is 32.5. The molecule has 2 rings (SSSR count). The second-order valence-electron chi connectivity index (χ2n) is 6.04. The molecule has 8 nitrogen and oxygen atoms in total. The van der Waals surface area contributed by atoms with Gasteiger partial charge in [-0.2, -0.15) is 0 Å². The zero-order chi connectivity index (χ0) is 19.5. The molecule has 5 N–H and O–H groups in total. The quantitative estimate of drug-likeness (QED) is 0.498. The zero-order valence-electron chi connectivity index (χ0n) is 14.2. The highest BCUT2D eigenvalue weighted by Crippen LogP contribution is 2.28. The number of para-hydroxylation sites is 1. The first-order valence-corrected chi connectivity index (χ1v) is 9.92. The van der Waals surface area contributed by atoms with Crippen LogP contribution in [0.15, 0.2) is 33.9 Å². The number of amides is 2. The third kappa shape index (κ3) is 4.59. The first-order chi connectivity index (χ1) is 12.1. The van der Waals surface area contributed by atoms with Crippen molar-refractivity contribution in [2.75, 3.05) is 5.32 Å². The summed E-state index contributed by atoms with van der Waals surface area (Å²) in [6, 6.07) is 4.94. The highest BCUT2D eigenvalue weighted by atomic mass is 32.2. The van der Waals surface area contributed by atoms with E-state index in [1.807, 2.05) is 4.72 Å². The maximum absolute atomic E-state index is 12.3. The molecule has 10 heteroatoms. The number of sulfonamides is 1. The zero-order valence-corrected chi connectivity index (χ0v) is 15.8. The van der Waals surface area contributed by atoms with Crippen molar-refractivity contribution in [1.29, 1.82) is 0 Å². The van der Waals surface area contributed by atoms with Crippen LogP contribution in [-0.4, -0.2) is 29.8 Å². The molecule has 0 atom stereocenters. The van der Waals surface area contributed by atoms with Crippen LogP contribution in [0.5, 0.6) is 0 Å². The fraction of sp³-hybridized carbons (Fsp3) is 0.312. The van der Waals surface area contributed by atoms with E-state index in [9.17, 15) is 28.5 Å². The van der Waals surface area contributed by atoms with Crippen LogP contribution in [0, 0.1) is 0 Å². The minimum Gasteiger partial charge on any atom is -0.392 e. The highest BCUT2D eigenvalue weighted by molar-refractivity contribution is 7.92. The number of carbonyl (C=O) groups excluding carboxylic acids is 1. The monoisotopic (exact) mass is 400 g/mol. The number of urea groups is 1. The van der Waals surface area contributed by atoms with E-state index in [0.717, 1.165) is 11.3 Å². The molecule has 0 saturated heterocycles. The molecule has 0 aliphatic heterocycles. The first-order valence-electron chi connectivity index (χ1n) is 7.56. The average molecular weight is 400 g/mol. The first kappa shape index (κ1) is 20.3. The maximum Gasteiger partial charge on any atom is 0.333 e. The lowest BCUT2D eigenvalue weighted by molar-refractivity contribution is 0.0789. The summed E-state index contributed by atoms with van der Waals surface area (Å²) in [7, 11) is -4.14. The largest absolute Gasteiger partial charge is 0.392 e. The van der Waals surface area contributed by atoms with E-state index in [-0.39, 0.29) is 9.90 Å². The van der Waals surface area contributed by atoms with Crippen LogP contribution in [0.25, 0.3) is 0 Å². The third-order valence-electron chi connectivity index (χ3n) is 3.59. The molecule has 1 heterocycles. The van der Waals surface area contributed by atoms with E-state index < -0.39 is 34.9 Å². The molecule has 0 aliphatic carbocycles. The molecule has 26 heavy (non-hydrogen) atoms. The molecule has 1 aromatic heterocycles. The molecule has 0 bridgehead atoms. The second kappa shape index (κ2) is 7.72. The Morgan fingerprint density at radius 2 is 1.77 bits per heavy atom. The summed E-state index contributed by atoms with van der Waals surface area (Å²) in [6.45, 7) is 2.26. The van der Waals surface area contributed by atoms with Crippen molar-refractivity contribution in [2.45, 2.75) is 36.9 Å². The van der Waals surface area contributed by atoms with E-state index in [4.69, 9.17) is 0 Å². The Morgan fingerprint density at radius 3 is 2.23 bits per heavy atom. The van der Waals surface area contributed by atoms with Gasteiger partial charge in [-0.25, -0.2) is 17.9 Å². The molecule has 0 spiro atoms. The lowest BCUT2D eigenvalue weighted by Crippen LogP contribution is -2.34. The van der Waals surface area contributed by atoms with Gasteiger partial charge < -0.3 is 20.6 Å². The molecule has 0 saturated carbocycles. The summed E-state index contributed by atoms with van der Waals surface area (Å²) in [5.41, 5.74) is 0.0296. The number of thiophene rings is 1. The molecule has 142 valence electrons. The Bertz CT molecular complexity index is 877. The summed E-state index contributed by atoms with van der Waals surface area (Å²) in [4.78, 5) is 12.1. The van der Waals surface area contributed by atoms with Gasteiger partial charge >= 0.3 is 6.03 Å². The number of benzene rings is 1. The number of aliphatic hydroxyl groups is 3. The summed E-state index contributed by atoms with van der Waals surface area (Å²) in [5.74, 6) is 0. The predicted molar refractivity (Wildman–Crippen MR) is 97.2 cm³/mol. The number of aliphatic hydroxyl groups excluding tert-OH is 2. The van der Waals surface area contributed by atoms with Crippen molar-refractivity contribution in [1.82, 2.24) is 4.72 Å². The maximum atomic E-state index is 12.3. The standard InChI is InChI=1S/C16H20N2O6S2/c1-16(2,22)12-6-13(25-9-12)26(23,24)18-15(21)17-14-10(7-19)4-3-5-11(14)8-20/h3-6,9,19-20,22H,7-8H2,1-2H3,(H2,17,18,21). The molecule has 2 aromatic rings. The van der Waals surface area contributed by atoms with Gasteiger partial charge in [-0.15, -0.1) is 11.3 Å². The Hall–Kier alpha value is -1.98. The highest BCUT2D eigenvalue weighted by Gasteiger charge is 2.25. The van der Waals surface area contributed by atoms with E-state index >= 15 is 0 Å². The fourth-order valence-electron chi connectivity index (χ4n) is 2.17. The van der Waals surface area contributed by atoms with Crippen molar-refractivity contribution < 1.29 is 28.5 Å². The lowest BCUT2D eigenvalue weighted by Gasteiger charge is -2.15. The lowest BCUT2D eigenvalue weighted by atomic mass is 10.0. The fourth-order valence-corrected chi connectivity index (χ4v) is 4.42. The summed E-state index contributed by atoms with van der Waals surface area (Å²) >= 11 is 0.876. The third-order valence-corrected chi connectivity index (χ3v) is 6.36. The number of rotatable bonds is 6. The van der Waals surface area contributed by atoms with Gasteiger partial charge in [-0.3, -0.25) is 0 Å². The molecule has 0 unspecified atom stereocenters. The van der Waals surface area contributed by atoms with Crippen molar-refractivity contribution in [2.24, 2.45) is 0 Å². The normalized spacial score (nSPS) is 12.0. The van der Waals surface area contributed by atoms with Gasteiger partial charge in [0, 0.05) is 11.1 Å². The van der Waals surface area contributed by atoms with Gasteiger partial charge in [0.25, 0.3) is 10.0 Å². The van der Waals surface area contributed by atoms with Crippen LogP contribution < -0.4 is 10.0 Å². The van der Waals surface area contributed by atoms with Crippen LogP contribution in [0.4, 0.5) is 10.5 Å². The SMILES string of the molecule is CC(C)(O)c1csc(S(=O)(=O)NC(=O)Nc2c(CO)cccc2CO)c1. The molecular weight excluding hydrogens is 380 g/mol. The minimum atomic E-state index is -4.14. The van der Waals surface area contributed by atoms with Crippen LogP contribution in [0.3, 0.4) is 0 Å². The van der Waals surface area contributed by atoms with Gasteiger partial charge in [0.05, 0.1) is 24.5 Å². The van der Waals surface area contributed by atoms with E-state index in [0.29, 0.717) is 16.7 Å². The number of hydrogen-bond donors (Lipinski definition) is 5.